The highest BCUT2D eigenvalue weighted by Crippen LogP contribution is 2.23. The number of piperidine rings is 1. The van der Waals surface area contributed by atoms with Gasteiger partial charge in [0.1, 0.15) is 5.82 Å². The molecule has 1 aliphatic heterocycles. The topological polar surface area (TPSA) is 78.5 Å². The van der Waals surface area contributed by atoms with Gasteiger partial charge in [-0.25, -0.2) is 12.8 Å². The van der Waals surface area contributed by atoms with Gasteiger partial charge in [0.15, 0.2) is 0 Å². The molecule has 0 bridgehead atoms. The van der Waals surface area contributed by atoms with Crippen molar-refractivity contribution in [1.82, 2.24) is 4.31 Å². The van der Waals surface area contributed by atoms with Crippen LogP contribution in [0, 0.1) is 12.7 Å². The van der Waals surface area contributed by atoms with Crippen LogP contribution in [-0.2, 0) is 14.8 Å². The van der Waals surface area contributed by atoms with Crippen molar-refractivity contribution in [3.63, 3.8) is 0 Å². The third-order valence-electron chi connectivity index (χ3n) is 4.71. The molecule has 0 aromatic heterocycles. The van der Waals surface area contributed by atoms with Crippen LogP contribution in [0.25, 0.3) is 0 Å². The van der Waals surface area contributed by atoms with E-state index in [0.717, 1.165) is 24.8 Å². The molecule has 1 saturated heterocycles. The third kappa shape index (κ3) is 4.88. The minimum absolute atomic E-state index is 0.0621. The molecule has 2 aromatic rings. The summed E-state index contributed by atoms with van der Waals surface area (Å²) in [6.07, 6.45) is 2.77. The lowest BCUT2D eigenvalue weighted by molar-refractivity contribution is -0.114. The molecule has 1 heterocycles. The van der Waals surface area contributed by atoms with E-state index in [1.165, 1.54) is 28.6 Å². The number of nitrogens with one attached hydrogen (secondary N) is 2. The maximum absolute atomic E-state index is 13.3. The summed E-state index contributed by atoms with van der Waals surface area (Å²) in [5.41, 5.74) is 1.77. The van der Waals surface area contributed by atoms with E-state index < -0.39 is 10.0 Å². The van der Waals surface area contributed by atoms with Gasteiger partial charge in [0.2, 0.25) is 15.9 Å². The number of benzene rings is 2. The van der Waals surface area contributed by atoms with Crippen molar-refractivity contribution in [2.75, 3.05) is 30.3 Å². The number of rotatable bonds is 6. The average Bonchev–Trinajstić information content (AvgIpc) is 2.69. The Morgan fingerprint density at radius 1 is 1.11 bits per heavy atom. The Morgan fingerprint density at radius 2 is 1.86 bits per heavy atom. The van der Waals surface area contributed by atoms with E-state index in [0.29, 0.717) is 24.5 Å². The van der Waals surface area contributed by atoms with Crippen molar-refractivity contribution in [2.24, 2.45) is 0 Å². The summed E-state index contributed by atoms with van der Waals surface area (Å²) in [5, 5.41) is 5.58. The number of sulfonamides is 1. The first-order valence-corrected chi connectivity index (χ1v) is 10.7. The van der Waals surface area contributed by atoms with Gasteiger partial charge in [-0.2, -0.15) is 4.31 Å². The summed E-state index contributed by atoms with van der Waals surface area (Å²) in [6.45, 7) is 2.80. The second-order valence-corrected chi connectivity index (χ2v) is 8.79. The average molecular weight is 405 g/mol. The fourth-order valence-corrected chi connectivity index (χ4v) is 4.72. The normalized spacial score (nSPS) is 15.2. The summed E-state index contributed by atoms with van der Waals surface area (Å²) >= 11 is 0. The van der Waals surface area contributed by atoms with E-state index in [1.807, 2.05) is 6.92 Å². The fourth-order valence-electron chi connectivity index (χ4n) is 3.15. The Labute approximate surface area is 164 Å². The van der Waals surface area contributed by atoms with Crippen LogP contribution in [0.1, 0.15) is 24.8 Å². The fraction of sp³-hybridized carbons (Fsp3) is 0.350. The first-order chi connectivity index (χ1) is 13.4. The van der Waals surface area contributed by atoms with E-state index in [1.54, 1.807) is 18.2 Å². The molecule has 0 aliphatic carbocycles. The van der Waals surface area contributed by atoms with Crippen molar-refractivity contribution >= 4 is 27.3 Å². The molecule has 6 nitrogen and oxygen atoms in total. The third-order valence-corrected chi connectivity index (χ3v) is 6.60. The number of halogens is 1. The molecule has 2 N–H and O–H groups in total. The van der Waals surface area contributed by atoms with E-state index in [-0.39, 0.29) is 23.2 Å². The second kappa shape index (κ2) is 8.70. The number of nitrogens with zero attached hydrogens (tertiary/aromatic N) is 1. The SMILES string of the molecule is Cc1ccc(F)cc1NCC(=O)Nc1cccc(S(=O)(=O)N2CCCCC2)c1. The van der Waals surface area contributed by atoms with Crippen molar-refractivity contribution < 1.29 is 17.6 Å². The Morgan fingerprint density at radius 3 is 2.61 bits per heavy atom. The summed E-state index contributed by atoms with van der Waals surface area (Å²) in [6, 6.07) is 10.6. The lowest BCUT2D eigenvalue weighted by Crippen LogP contribution is -2.35. The van der Waals surface area contributed by atoms with Crippen molar-refractivity contribution in [3.05, 3.63) is 53.8 Å². The molecule has 28 heavy (non-hydrogen) atoms. The monoisotopic (exact) mass is 405 g/mol. The molecule has 2 aromatic carbocycles. The number of aryl methyl sites for hydroxylation is 1. The Balaban J connectivity index is 1.65. The number of anilines is 2. The summed E-state index contributed by atoms with van der Waals surface area (Å²) in [5.74, 6) is -0.736. The number of hydrogen-bond donors (Lipinski definition) is 2. The zero-order valence-corrected chi connectivity index (χ0v) is 16.6. The zero-order chi connectivity index (χ0) is 20.1. The van der Waals surface area contributed by atoms with Gasteiger partial charge in [-0.15, -0.1) is 0 Å². The molecule has 1 amide bonds. The van der Waals surface area contributed by atoms with Gasteiger partial charge in [-0.3, -0.25) is 4.79 Å². The molecule has 0 spiro atoms. The highest BCUT2D eigenvalue weighted by Gasteiger charge is 2.26. The molecular formula is C20H24FN3O3S. The molecule has 0 atom stereocenters. The van der Waals surface area contributed by atoms with Crippen molar-refractivity contribution in [2.45, 2.75) is 31.1 Å². The predicted molar refractivity (Wildman–Crippen MR) is 107 cm³/mol. The van der Waals surface area contributed by atoms with Gasteiger partial charge in [0.25, 0.3) is 0 Å². The quantitative estimate of drug-likeness (QED) is 0.773. The van der Waals surface area contributed by atoms with Crippen LogP contribution in [0.4, 0.5) is 15.8 Å². The second-order valence-electron chi connectivity index (χ2n) is 6.85. The Kier molecular flexibility index (Phi) is 6.31. The highest BCUT2D eigenvalue weighted by molar-refractivity contribution is 7.89. The summed E-state index contributed by atoms with van der Waals surface area (Å²) in [4.78, 5) is 12.4. The number of amides is 1. The van der Waals surface area contributed by atoms with Gasteiger partial charge in [0, 0.05) is 24.5 Å². The number of hydrogen-bond acceptors (Lipinski definition) is 4. The van der Waals surface area contributed by atoms with Gasteiger partial charge in [-0.05, 0) is 55.7 Å². The smallest absolute Gasteiger partial charge is 0.243 e. The van der Waals surface area contributed by atoms with Gasteiger partial charge in [-0.1, -0.05) is 18.6 Å². The van der Waals surface area contributed by atoms with E-state index in [2.05, 4.69) is 10.6 Å². The summed E-state index contributed by atoms with van der Waals surface area (Å²) < 4.78 is 40.4. The van der Waals surface area contributed by atoms with Crippen LogP contribution in [0.3, 0.4) is 0 Å². The maximum atomic E-state index is 13.3. The lowest BCUT2D eigenvalue weighted by Gasteiger charge is -2.26. The Bertz CT molecular complexity index is 957. The molecule has 8 heteroatoms. The van der Waals surface area contributed by atoms with Crippen molar-refractivity contribution in [3.8, 4) is 0 Å². The molecule has 0 radical (unpaired) electrons. The van der Waals surface area contributed by atoms with Crippen LogP contribution in [0.5, 0.6) is 0 Å². The Hall–Kier alpha value is -2.45. The molecule has 1 fully saturated rings. The van der Waals surface area contributed by atoms with E-state index >= 15 is 0 Å². The lowest BCUT2D eigenvalue weighted by atomic mass is 10.2. The molecular weight excluding hydrogens is 381 g/mol. The van der Waals surface area contributed by atoms with Gasteiger partial charge < -0.3 is 10.6 Å². The standard InChI is InChI=1S/C20H24FN3O3S/c1-15-8-9-16(21)12-19(15)22-14-20(25)23-17-6-5-7-18(13-17)28(26,27)24-10-3-2-4-11-24/h5-9,12-13,22H,2-4,10-11,14H2,1H3,(H,23,25). The first-order valence-electron chi connectivity index (χ1n) is 9.26. The molecule has 150 valence electrons. The van der Waals surface area contributed by atoms with Crippen molar-refractivity contribution in [1.29, 1.82) is 0 Å². The van der Waals surface area contributed by atoms with E-state index in [4.69, 9.17) is 0 Å². The van der Waals surface area contributed by atoms with Gasteiger partial charge in [0.05, 0.1) is 11.4 Å². The minimum atomic E-state index is -3.56. The largest absolute Gasteiger partial charge is 0.376 e. The van der Waals surface area contributed by atoms with E-state index in [9.17, 15) is 17.6 Å². The van der Waals surface area contributed by atoms with Crippen LogP contribution >= 0.6 is 0 Å². The summed E-state index contributed by atoms with van der Waals surface area (Å²) in [7, 11) is -3.56. The molecule has 0 saturated carbocycles. The molecule has 0 unspecified atom stereocenters. The van der Waals surface area contributed by atoms with Crippen LogP contribution in [0.15, 0.2) is 47.4 Å². The zero-order valence-electron chi connectivity index (χ0n) is 15.7. The molecule has 3 rings (SSSR count). The highest BCUT2D eigenvalue weighted by atomic mass is 32.2. The minimum Gasteiger partial charge on any atom is -0.376 e. The van der Waals surface area contributed by atoms with Crippen LogP contribution in [-0.4, -0.2) is 38.3 Å². The predicted octanol–water partition coefficient (Wildman–Crippen LogP) is 3.36. The number of carbonyl (C=O) groups is 1. The first kappa shape index (κ1) is 20.3. The van der Waals surface area contributed by atoms with Gasteiger partial charge >= 0.3 is 0 Å². The van der Waals surface area contributed by atoms with Crippen LogP contribution in [0.2, 0.25) is 0 Å². The molecule has 1 aliphatic rings. The number of carbonyl (C=O) groups excluding carboxylic acids is 1. The maximum Gasteiger partial charge on any atom is 0.243 e. The van der Waals surface area contributed by atoms with Crippen LogP contribution < -0.4 is 10.6 Å².